The first-order chi connectivity index (χ1) is 16.6. The molecule has 1 unspecified atom stereocenters. The number of hydrogen-bond donors (Lipinski definition) is 2. The van der Waals surface area contributed by atoms with Crippen LogP contribution >= 0.6 is 0 Å². The number of nitrogens with one attached hydrogen (secondary N) is 1. The average Bonchev–Trinajstić information content (AvgIpc) is 2.87. The summed E-state index contributed by atoms with van der Waals surface area (Å²) >= 11 is 0. The maximum absolute atomic E-state index is 13.2. The lowest BCUT2D eigenvalue weighted by Gasteiger charge is -2.22. The van der Waals surface area contributed by atoms with E-state index in [4.69, 9.17) is 4.74 Å². The third kappa shape index (κ3) is 4.92. The number of amides is 1. The van der Waals surface area contributed by atoms with Gasteiger partial charge in [-0.2, -0.15) is 5.26 Å². The van der Waals surface area contributed by atoms with E-state index in [0.717, 1.165) is 22.1 Å². The van der Waals surface area contributed by atoms with E-state index in [0.29, 0.717) is 17.7 Å². The van der Waals surface area contributed by atoms with Gasteiger partial charge in [0.1, 0.15) is 23.1 Å². The van der Waals surface area contributed by atoms with E-state index < -0.39 is 11.9 Å². The Labute approximate surface area is 198 Å². The molecule has 4 aromatic carbocycles. The summed E-state index contributed by atoms with van der Waals surface area (Å²) in [6, 6.07) is 29.1. The maximum Gasteiger partial charge on any atom is 0.262 e. The average molecular weight is 449 g/mol. The minimum absolute atomic E-state index is 0.0372. The zero-order valence-electron chi connectivity index (χ0n) is 18.7. The van der Waals surface area contributed by atoms with Gasteiger partial charge < -0.3 is 15.2 Å². The van der Waals surface area contributed by atoms with Gasteiger partial charge in [-0.1, -0.05) is 72.8 Å². The number of phenols is 1. The van der Waals surface area contributed by atoms with E-state index in [9.17, 15) is 15.2 Å². The third-order valence-electron chi connectivity index (χ3n) is 5.51. The highest BCUT2D eigenvalue weighted by atomic mass is 16.5. The van der Waals surface area contributed by atoms with Crippen molar-refractivity contribution in [2.24, 2.45) is 0 Å². The van der Waals surface area contributed by atoms with Gasteiger partial charge in [0.2, 0.25) is 0 Å². The first-order valence-electron chi connectivity index (χ1n) is 11.0. The predicted octanol–water partition coefficient (Wildman–Crippen LogP) is 5.76. The molecular formula is C29H24N2O3. The van der Waals surface area contributed by atoms with Crippen molar-refractivity contribution in [2.45, 2.75) is 13.0 Å². The van der Waals surface area contributed by atoms with Crippen LogP contribution in [0.5, 0.6) is 11.5 Å². The molecule has 0 saturated carbocycles. The van der Waals surface area contributed by atoms with E-state index in [1.54, 1.807) is 30.3 Å². The van der Waals surface area contributed by atoms with Gasteiger partial charge in [0.05, 0.1) is 12.6 Å². The minimum Gasteiger partial charge on any atom is -0.508 e. The zero-order chi connectivity index (χ0) is 23.9. The summed E-state index contributed by atoms with van der Waals surface area (Å²) in [6.45, 7) is 2.46. The Morgan fingerprint density at radius 2 is 1.71 bits per heavy atom. The van der Waals surface area contributed by atoms with Gasteiger partial charge in [0.15, 0.2) is 0 Å². The second kappa shape index (κ2) is 10.4. The fourth-order valence-electron chi connectivity index (χ4n) is 3.91. The van der Waals surface area contributed by atoms with Crippen LogP contribution < -0.4 is 10.1 Å². The van der Waals surface area contributed by atoms with Gasteiger partial charge in [-0.25, -0.2) is 0 Å². The number of carbonyl (C=O) groups excluding carboxylic acids is 1. The highest BCUT2D eigenvalue weighted by Crippen LogP contribution is 2.36. The Morgan fingerprint density at radius 1 is 1.00 bits per heavy atom. The second-order valence-electron chi connectivity index (χ2n) is 7.71. The highest BCUT2D eigenvalue weighted by molar-refractivity contribution is 6.02. The number of phenolic OH excluding ortho intramolecular Hbond substituents is 1. The van der Waals surface area contributed by atoms with Gasteiger partial charge in [0, 0.05) is 5.56 Å². The number of nitrogens with zero attached hydrogens (tertiary/aromatic N) is 1. The minimum atomic E-state index is -0.656. The lowest BCUT2D eigenvalue weighted by molar-refractivity contribution is -0.117. The molecule has 34 heavy (non-hydrogen) atoms. The summed E-state index contributed by atoms with van der Waals surface area (Å²) in [5.74, 6) is 0.262. The number of aromatic hydroxyl groups is 1. The molecule has 4 rings (SSSR count). The van der Waals surface area contributed by atoms with Crippen LogP contribution in [0.3, 0.4) is 0 Å². The molecule has 0 saturated heterocycles. The maximum atomic E-state index is 13.2. The first kappa shape index (κ1) is 22.6. The normalized spacial score (nSPS) is 12.1. The fourth-order valence-corrected chi connectivity index (χ4v) is 3.91. The number of rotatable bonds is 7. The van der Waals surface area contributed by atoms with E-state index in [1.165, 1.54) is 6.08 Å². The summed E-state index contributed by atoms with van der Waals surface area (Å²) in [5, 5.41) is 25.3. The highest BCUT2D eigenvalue weighted by Gasteiger charge is 2.24. The fraction of sp³-hybridized carbons (Fsp3) is 0.103. The van der Waals surface area contributed by atoms with Crippen molar-refractivity contribution >= 4 is 22.8 Å². The molecule has 1 amide bonds. The molecule has 0 radical (unpaired) electrons. The molecule has 5 nitrogen and oxygen atoms in total. The molecular weight excluding hydrogens is 424 g/mol. The lowest BCUT2D eigenvalue weighted by atomic mass is 9.92. The molecule has 1 atom stereocenters. The third-order valence-corrected chi connectivity index (χ3v) is 5.51. The van der Waals surface area contributed by atoms with Gasteiger partial charge in [0.25, 0.3) is 5.91 Å². The molecule has 0 aliphatic rings. The van der Waals surface area contributed by atoms with E-state index >= 15 is 0 Å². The summed E-state index contributed by atoms with van der Waals surface area (Å²) < 4.78 is 5.45. The monoisotopic (exact) mass is 448 g/mol. The van der Waals surface area contributed by atoms with Crippen LogP contribution in [0.4, 0.5) is 0 Å². The molecule has 0 aromatic heterocycles. The van der Waals surface area contributed by atoms with Crippen molar-refractivity contribution < 1.29 is 14.6 Å². The van der Waals surface area contributed by atoms with Crippen molar-refractivity contribution in [3.63, 3.8) is 0 Å². The first-order valence-corrected chi connectivity index (χ1v) is 11.0. The smallest absolute Gasteiger partial charge is 0.262 e. The van der Waals surface area contributed by atoms with Crippen LogP contribution in [0, 0.1) is 11.3 Å². The topological polar surface area (TPSA) is 82.3 Å². The molecule has 0 aliphatic carbocycles. The quantitative estimate of drug-likeness (QED) is 0.278. The van der Waals surface area contributed by atoms with E-state index in [-0.39, 0.29) is 11.3 Å². The Bertz CT molecular complexity index is 1370. The molecule has 5 heteroatoms. The molecule has 0 aliphatic heterocycles. The van der Waals surface area contributed by atoms with Crippen molar-refractivity contribution in [3.05, 3.63) is 113 Å². The molecule has 0 fully saturated rings. The lowest BCUT2D eigenvalue weighted by Crippen LogP contribution is -2.30. The van der Waals surface area contributed by atoms with Crippen molar-refractivity contribution in [2.75, 3.05) is 6.61 Å². The number of nitriles is 1. The molecule has 0 spiro atoms. The predicted molar refractivity (Wildman–Crippen MR) is 133 cm³/mol. The Balaban J connectivity index is 1.72. The number of carbonyl (C=O) groups is 1. The summed E-state index contributed by atoms with van der Waals surface area (Å²) in [5.41, 5.74) is 2.04. The van der Waals surface area contributed by atoms with E-state index in [2.05, 4.69) is 5.32 Å². The van der Waals surface area contributed by atoms with Crippen LogP contribution in [0.1, 0.15) is 29.7 Å². The molecule has 0 heterocycles. The van der Waals surface area contributed by atoms with Gasteiger partial charge in [-0.05, 0) is 53.1 Å². The Hall–Kier alpha value is -4.56. The van der Waals surface area contributed by atoms with Crippen molar-refractivity contribution in [3.8, 4) is 17.6 Å². The van der Waals surface area contributed by atoms with Crippen LogP contribution in [-0.2, 0) is 4.79 Å². The zero-order valence-corrected chi connectivity index (χ0v) is 18.7. The van der Waals surface area contributed by atoms with Crippen LogP contribution in [0.15, 0.2) is 96.6 Å². The molecule has 2 N–H and O–H groups in total. The van der Waals surface area contributed by atoms with Crippen molar-refractivity contribution in [1.29, 1.82) is 5.26 Å². The van der Waals surface area contributed by atoms with Gasteiger partial charge in [-0.3, -0.25) is 4.79 Å². The summed E-state index contributed by atoms with van der Waals surface area (Å²) in [6.07, 6.45) is 1.54. The van der Waals surface area contributed by atoms with Crippen LogP contribution in [-0.4, -0.2) is 17.6 Å². The van der Waals surface area contributed by atoms with E-state index in [1.807, 2.05) is 73.7 Å². The van der Waals surface area contributed by atoms with Gasteiger partial charge >= 0.3 is 0 Å². The summed E-state index contributed by atoms with van der Waals surface area (Å²) in [7, 11) is 0. The summed E-state index contributed by atoms with van der Waals surface area (Å²) in [4.78, 5) is 13.2. The number of fused-ring (bicyclic) bond motifs is 1. The number of hydrogen-bond acceptors (Lipinski definition) is 4. The van der Waals surface area contributed by atoms with Crippen LogP contribution in [0.2, 0.25) is 0 Å². The Kier molecular flexibility index (Phi) is 6.90. The van der Waals surface area contributed by atoms with Gasteiger partial charge in [-0.15, -0.1) is 0 Å². The SMILES string of the molecule is CCOc1ccc(/C=C(\C#N)C(=O)NC(c2ccccc2)c2c(O)ccc3ccccc23)cc1. The standard InChI is InChI=1S/C29H24N2O3/c1-2-34-24-15-12-20(13-16-24)18-23(19-30)29(33)31-28(22-9-4-3-5-10-22)27-25-11-7-6-8-21(25)14-17-26(27)32/h3-18,28,32H,2H2,1H3,(H,31,33)/b23-18+. The second-order valence-corrected chi connectivity index (χ2v) is 7.71. The molecule has 168 valence electrons. The number of ether oxygens (including phenoxy) is 1. The Morgan fingerprint density at radius 3 is 2.41 bits per heavy atom. The molecule has 4 aromatic rings. The van der Waals surface area contributed by atoms with Crippen molar-refractivity contribution in [1.82, 2.24) is 5.32 Å². The van der Waals surface area contributed by atoms with Crippen LogP contribution in [0.25, 0.3) is 16.8 Å². The number of benzene rings is 4. The molecule has 0 bridgehead atoms. The largest absolute Gasteiger partial charge is 0.508 e.